The van der Waals surface area contributed by atoms with Gasteiger partial charge in [-0.3, -0.25) is 14.8 Å². The first-order valence-electron chi connectivity index (χ1n) is 4.75. The molecule has 0 spiro atoms. The van der Waals surface area contributed by atoms with Crippen LogP contribution < -0.4 is 5.32 Å². The number of carbonyl (C=O) groups excluding carboxylic acids is 1. The van der Waals surface area contributed by atoms with Crippen LogP contribution in [0.25, 0.3) is 0 Å². The minimum atomic E-state index is -0.357. The second-order valence-corrected chi connectivity index (χ2v) is 5.92. The third-order valence-corrected chi connectivity index (χ3v) is 3.62. The number of aromatic nitrogens is 3. The average molecular weight is 336 g/mol. The summed E-state index contributed by atoms with van der Waals surface area (Å²) in [6, 6.07) is 0. The topological polar surface area (TPSA) is 59.8 Å². The first-order valence-corrected chi connectivity index (χ1v) is 6.74. The summed E-state index contributed by atoms with van der Waals surface area (Å²) in [5, 5.41) is 7.54. The Morgan fingerprint density at radius 3 is 3.00 bits per heavy atom. The van der Waals surface area contributed by atoms with E-state index in [1.807, 2.05) is 6.92 Å². The Morgan fingerprint density at radius 1 is 1.71 bits per heavy atom. The van der Waals surface area contributed by atoms with E-state index in [0.717, 1.165) is 3.79 Å². The zero-order chi connectivity index (χ0) is 12.4. The molecular formula is C9H8BrClN4OS. The van der Waals surface area contributed by atoms with E-state index >= 15 is 0 Å². The van der Waals surface area contributed by atoms with E-state index in [1.54, 1.807) is 17.1 Å². The summed E-state index contributed by atoms with van der Waals surface area (Å²) in [5.74, 6) is -0.357. The van der Waals surface area contributed by atoms with Crippen molar-refractivity contribution in [2.24, 2.45) is 0 Å². The van der Waals surface area contributed by atoms with Gasteiger partial charge in [-0.05, 0) is 22.9 Å². The van der Waals surface area contributed by atoms with Crippen LogP contribution in [0, 0.1) is 0 Å². The van der Waals surface area contributed by atoms with Crippen LogP contribution in [0.3, 0.4) is 0 Å². The van der Waals surface area contributed by atoms with Crippen molar-refractivity contribution in [3.8, 4) is 0 Å². The quantitative estimate of drug-likeness (QED) is 0.938. The molecule has 0 unspecified atom stereocenters. The lowest BCUT2D eigenvalue weighted by Crippen LogP contribution is -2.13. The molecule has 2 heterocycles. The van der Waals surface area contributed by atoms with Gasteiger partial charge in [-0.2, -0.15) is 5.10 Å². The van der Waals surface area contributed by atoms with Crippen molar-refractivity contribution in [3.05, 3.63) is 26.9 Å². The van der Waals surface area contributed by atoms with Crippen molar-refractivity contribution in [3.63, 3.8) is 0 Å². The Hall–Kier alpha value is -0.920. The molecule has 5 nitrogen and oxygen atoms in total. The molecule has 0 atom stereocenters. The summed E-state index contributed by atoms with van der Waals surface area (Å²) in [6.45, 7) is 2.58. The van der Waals surface area contributed by atoms with Crippen molar-refractivity contribution >= 4 is 49.9 Å². The Bertz CT molecular complexity index is 553. The van der Waals surface area contributed by atoms with Gasteiger partial charge in [0, 0.05) is 12.7 Å². The maximum absolute atomic E-state index is 11.9. The van der Waals surface area contributed by atoms with Gasteiger partial charge in [-0.1, -0.05) is 22.9 Å². The van der Waals surface area contributed by atoms with Crippen LogP contribution >= 0.6 is 38.9 Å². The summed E-state index contributed by atoms with van der Waals surface area (Å²) < 4.78 is 2.45. The largest absolute Gasteiger partial charge is 0.296 e. The molecule has 90 valence electrons. The van der Waals surface area contributed by atoms with Gasteiger partial charge in [0.05, 0.1) is 15.0 Å². The number of anilines is 1. The van der Waals surface area contributed by atoms with Crippen molar-refractivity contribution < 1.29 is 4.79 Å². The summed E-state index contributed by atoms with van der Waals surface area (Å²) in [6.07, 6.45) is 3.24. The number of nitrogens with one attached hydrogen (secondary N) is 1. The lowest BCUT2D eigenvalue weighted by atomic mass is 10.4. The number of halogens is 2. The molecule has 0 aliphatic heterocycles. The van der Waals surface area contributed by atoms with Gasteiger partial charge in [0.25, 0.3) is 5.91 Å². The molecule has 8 heteroatoms. The van der Waals surface area contributed by atoms with Gasteiger partial charge in [0.15, 0.2) is 10.8 Å². The van der Waals surface area contributed by atoms with E-state index < -0.39 is 0 Å². The zero-order valence-corrected chi connectivity index (χ0v) is 11.9. The molecule has 0 bridgehead atoms. The van der Waals surface area contributed by atoms with E-state index in [0.29, 0.717) is 16.7 Å². The molecule has 17 heavy (non-hydrogen) atoms. The van der Waals surface area contributed by atoms with Crippen LogP contribution in [-0.2, 0) is 6.54 Å². The summed E-state index contributed by atoms with van der Waals surface area (Å²) in [7, 11) is 0. The smallest absolute Gasteiger partial charge is 0.279 e. The number of carbonyl (C=O) groups is 1. The first-order chi connectivity index (χ1) is 8.10. The molecule has 0 aliphatic carbocycles. The highest BCUT2D eigenvalue weighted by Gasteiger charge is 2.16. The standard InChI is InChI=1S/C9H8BrClN4OS/c1-2-15-4-5(11)7(14-15)8(16)13-9-12-3-6(10)17-9/h3-4H,2H2,1H3,(H,12,13,16). The summed E-state index contributed by atoms with van der Waals surface area (Å²) in [4.78, 5) is 15.9. The van der Waals surface area contributed by atoms with Crippen molar-refractivity contribution in [1.29, 1.82) is 0 Å². The van der Waals surface area contributed by atoms with Crippen LogP contribution in [0.5, 0.6) is 0 Å². The highest BCUT2D eigenvalue weighted by Crippen LogP contribution is 2.24. The van der Waals surface area contributed by atoms with Crippen LogP contribution in [0.4, 0.5) is 5.13 Å². The monoisotopic (exact) mass is 334 g/mol. The maximum atomic E-state index is 11.9. The lowest BCUT2D eigenvalue weighted by molar-refractivity contribution is 0.102. The average Bonchev–Trinajstić information content (AvgIpc) is 2.85. The number of hydrogen-bond acceptors (Lipinski definition) is 4. The van der Waals surface area contributed by atoms with E-state index in [-0.39, 0.29) is 11.6 Å². The van der Waals surface area contributed by atoms with Gasteiger partial charge < -0.3 is 0 Å². The minimum absolute atomic E-state index is 0.208. The van der Waals surface area contributed by atoms with Crippen LogP contribution in [0.2, 0.25) is 5.02 Å². The lowest BCUT2D eigenvalue weighted by Gasteiger charge is -1.98. The number of rotatable bonds is 3. The molecule has 0 aromatic carbocycles. The highest BCUT2D eigenvalue weighted by atomic mass is 79.9. The third-order valence-electron chi connectivity index (χ3n) is 1.95. The van der Waals surface area contributed by atoms with Crippen molar-refractivity contribution in [2.75, 3.05) is 5.32 Å². The van der Waals surface area contributed by atoms with Crippen molar-refractivity contribution in [2.45, 2.75) is 13.5 Å². The molecule has 2 rings (SSSR count). The van der Waals surface area contributed by atoms with Crippen LogP contribution in [0.1, 0.15) is 17.4 Å². The number of amides is 1. The van der Waals surface area contributed by atoms with Crippen molar-refractivity contribution in [1.82, 2.24) is 14.8 Å². The number of nitrogens with zero attached hydrogens (tertiary/aromatic N) is 3. The second-order valence-electron chi connectivity index (χ2n) is 3.10. The van der Waals surface area contributed by atoms with E-state index in [1.165, 1.54) is 11.3 Å². The predicted molar refractivity (Wildman–Crippen MR) is 70.7 cm³/mol. The molecular weight excluding hydrogens is 328 g/mol. The fourth-order valence-corrected chi connectivity index (χ4v) is 2.52. The second kappa shape index (κ2) is 5.16. The SMILES string of the molecule is CCn1cc(Cl)c(C(=O)Nc2ncc(Br)s2)n1. The van der Waals surface area contributed by atoms with E-state index in [2.05, 4.69) is 31.3 Å². The third kappa shape index (κ3) is 2.85. The van der Waals surface area contributed by atoms with Crippen LogP contribution in [-0.4, -0.2) is 20.7 Å². The summed E-state index contributed by atoms with van der Waals surface area (Å²) in [5.41, 5.74) is 0.208. The Balaban J connectivity index is 2.16. The number of aryl methyl sites for hydroxylation is 1. The Kier molecular flexibility index (Phi) is 3.80. The number of thiazole rings is 1. The zero-order valence-electron chi connectivity index (χ0n) is 8.78. The fourth-order valence-electron chi connectivity index (χ4n) is 1.18. The van der Waals surface area contributed by atoms with E-state index in [9.17, 15) is 4.79 Å². The summed E-state index contributed by atoms with van der Waals surface area (Å²) >= 11 is 10.5. The fraction of sp³-hybridized carbons (Fsp3) is 0.222. The van der Waals surface area contributed by atoms with Crippen LogP contribution in [0.15, 0.2) is 16.2 Å². The van der Waals surface area contributed by atoms with Gasteiger partial charge >= 0.3 is 0 Å². The molecule has 2 aromatic heterocycles. The maximum Gasteiger partial charge on any atom is 0.279 e. The van der Waals surface area contributed by atoms with E-state index in [4.69, 9.17) is 11.6 Å². The number of hydrogen-bond donors (Lipinski definition) is 1. The molecule has 0 radical (unpaired) electrons. The van der Waals surface area contributed by atoms with Gasteiger partial charge in [-0.15, -0.1) is 0 Å². The Labute approximate surface area is 115 Å². The highest BCUT2D eigenvalue weighted by molar-refractivity contribution is 9.11. The molecule has 0 saturated heterocycles. The molecule has 1 N–H and O–H groups in total. The molecule has 2 aromatic rings. The Morgan fingerprint density at radius 2 is 2.47 bits per heavy atom. The van der Waals surface area contributed by atoms with Gasteiger partial charge in [0.2, 0.25) is 0 Å². The molecule has 0 fully saturated rings. The predicted octanol–water partition coefficient (Wildman–Crippen LogP) is 3.03. The molecule has 0 saturated carbocycles. The molecule has 1 amide bonds. The minimum Gasteiger partial charge on any atom is -0.296 e. The molecule has 0 aliphatic rings. The normalized spacial score (nSPS) is 10.5. The van der Waals surface area contributed by atoms with Gasteiger partial charge in [0.1, 0.15) is 0 Å². The first kappa shape index (κ1) is 12.5. The van der Waals surface area contributed by atoms with Gasteiger partial charge in [-0.25, -0.2) is 4.98 Å².